The van der Waals surface area contributed by atoms with E-state index < -0.39 is 68.0 Å². The van der Waals surface area contributed by atoms with Crippen LogP contribution < -0.4 is 11.3 Å². The van der Waals surface area contributed by atoms with Crippen molar-refractivity contribution in [3.63, 3.8) is 0 Å². The van der Waals surface area contributed by atoms with Crippen LogP contribution in [0.5, 0.6) is 0 Å². The third-order valence-electron chi connectivity index (χ3n) is 7.68. The molecule has 2 unspecified atom stereocenters. The van der Waals surface area contributed by atoms with Crippen LogP contribution in [0, 0.1) is 0 Å². The molecule has 23 heteroatoms. The molecule has 3 fully saturated rings. The van der Waals surface area contributed by atoms with Gasteiger partial charge in [-0.15, -0.1) is 0 Å². The number of fused-ring (bicyclic) bond motifs is 5. The second-order valence-electron chi connectivity index (χ2n) is 10.4. The number of aliphatic hydroxyl groups is 1. The first-order valence-corrected chi connectivity index (χ1v) is 19.4. The molecule has 7 rings (SSSR count). The number of hydrogen-bond donors (Lipinski definition) is 4. The lowest BCUT2D eigenvalue weighted by atomic mass is 10.1. The highest BCUT2D eigenvalue weighted by atomic mass is 32.9. The van der Waals surface area contributed by atoms with Crippen LogP contribution in [0.1, 0.15) is 18.7 Å². The topological polar surface area (TPSA) is 209 Å². The molecule has 10 atom stereocenters. The van der Waals surface area contributed by atoms with E-state index in [2.05, 4.69) is 37.2 Å². The number of alkyl halides is 1. The molecule has 4 aromatic heterocycles. The monoisotopic (exact) mass is 707 g/mol. The van der Waals surface area contributed by atoms with Crippen LogP contribution in [0.3, 0.4) is 0 Å². The Morgan fingerprint density at radius 3 is 2.55 bits per heavy atom. The quantitative estimate of drug-likeness (QED) is 0.167. The maximum absolute atomic E-state index is 16.2. The van der Waals surface area contributed by atoms with Gasteiger partial charge in [-0.25, -0.2) is 29.3 Å². The Kier molecular flexibility index (Phi) is 7.71. The highest BCUT2D eigenvalue weighted by Crippen LogP contribution is 2.61. The Morgan fingerprint density at radius 2 is 1.75 bits per heavy atom. The summed E-state index contributed by atoms with van der Waals surface area (Å²) in [5.41, 5.74) is 2.65. The fourth-order valence-corrected chi connectivity index (χ4v) is 9.57. The molecule has 3 aliphatic rings. The van der Waals surface area contributed by atoms with E-state index in [0.717, 1.165) is 0 Å². The summed E-state index contributed by atoms with van der Waals surface area (Å²) in [6.45, 7) is -4.60. The van der Waals surface area contributed by atoms with Gasteiger partial charge in [0, 0.05) is 13.5 Å². The van der Waals surface area contributed by atoms with E-state index in [0.29, 0.717) is 0 Å². The summed E-state index contributed by atoms with van der Waals surface area (Å²) in [5.74, 6) is 0.0967. The van der Waals surface area contributed by atoms with Gasteiger partial charge in [0.1, 0.15) is 36.3 Å². The van der Waals surface area contributed by atoms with Gasteiger partial charge in [-0.2, -0.15) is 0 Å². The highest BCUT2D eigenvalue weighted by Gasteiger charge is 2.53. The first kappa shape index (κ1) is 30.6. The van der Waals surface area contributed by atoms with Crippen molar-refractivity contribution >= 4 is 76.4 Å². The second kappa shape index (κ2) is 11.1. The van der Waals surface area contributed by atoms with Gasteiger partial charge in [-0.1, -0.05) is 12.2 Å². The molecule has 236 valence electrons. The van der Waals surface area contributed by atoms with E-state index >= 15 is 4.39 Å². The van der Waals surface area contributed by atoms with Crippen molar-refractivity contribution in [2.24, 2.45) is 7.05 Å². The third-order valence-corrected chi connectivity index (χ3v) is 11.4. The smallest absolute Gasteiger partial charge is 0.325 e. The molecule has 6 heterocycles. The summed E-state index contributed by atoms with van der Waals surface area (Å²) in [4.78, 5) is 44.4. The van der Waals surface area contributed by atoms with Crippen LogP contribution in [0.2, 0.25) is 0 Å². The van der Waals surface area contributed by atoms with E-state index in [1.165, 1.54) is 46.1 Å². The average Bonchev–Trinajstić information content (AvgIpc) is 3.72. The van der Waals surface area contributed by atoms with Crippen molar-refractivity contribution in [2.75, 3.05) is 12.3 Å². The number of ether oxygens (including phenoxy) is 1. The Morgan fingerprint density at radius 1 is 1.02 bits per heavy atom. The number of anilines is 1. The number of rotatable bonds is 2. The van der Waals surface area contributed by atoms with Crippen LogP contribution in [0.4, 0.5) is 10.2 Å². The number of aryl methyl sites for hydroxylation is 1. The molecule has 4 aromatic rings. The van der Waals surface area contributed by atoms with Crippen LogP contribution in [0.15, 0.2) is 30.1 Å². The molecule has 2 saturated heterocycles. The number of aromatic nitrogens is 8. The maximum Gasteiger partial charge on any atom is 0.325 e. The highest BCUT2D eigenvalue weighted by molar-refractivity contribution is 8.60. The Labute approximate surface area is 262 Å². The standard InChI is InChI=1S/C21H24FN9O8P2S3/c1-29-5-28-19-13(20(29)33)27-6-30(19)8-2-9-14(32)15(8)38-40(34,42)35-3-10-16(39-41(43,44)37-9)11(22)21(36-10)31-7-26-12-17(23)24-4-25-18(12)31/h4-11,14-16,21,32H,2-3H2,1H3,(H,34,42)(H,43,44)(H2,23,24,25)/t8-,9+,10-,11-,14+,15+,16-,21-,40?/m1/s1. The van der Waals surface area contributed by atoms with Gasteiger partial charge in [0.05, 0.1) is 37.7 Å². The van der Waals surface area contributed by atoms with E-state index in [1.54, 1.807) is 0 Å². The molecule has 0 amide bonds. The third kappa shape index (κ3) is 5.22. The zero-order chi connectivity index (χ0) is 31.1. The molecule has 4 N–H and O–H groups in total. The van der Waals surface area contributed by atoms with Gasteiger partial charge in [0.15, 0.2) is 35.0 Å². The molecule has 2 bridgehead atoms. The zero-order valence-corrected chi connectivity index (χ0v) is 26.7. The number of nitrogen functional groups attached to an aromatic ring is 1. The second-order valence-corrected chi connectivity index (χ2v) is 18.4. The summed E-state index contributed by atoms with van der Waals surface area (Å²) in [6, 6.07) is -0.792. The summed E-state index contributed by atoms with van der Waals surface area (Å²) in [6.07, 6.45) is -4.25. The Hall–Kier alpha value is -2.00. The number of nitrogens with zero attached hydrogens (tertiary/aromatic N) is 8. The number of thiol groups is 1. The molecule has 1 saturated carbocycles. The number of halogens is 1. The maximum atomic E-state index is 16.2. The van der Waals surface area contributed by atoms with Crippen molar-refractivity contribution in [3.05, 3.63) is 35.7 Å². The Balaban J connectivity index is 1.22. The normalized spacial score (nSPS) is 38.0. The van der Waals surface area contributed by atoms with E-state index in [-0.39, 0.29) is 40.1 Å². The number of hydrogen-bond acceptors (Lipinski definition) is 15. The van der Waals surface area contributed by atoms with Crippen molar-refractivity contribution in [1.82, 2.24) is 38.6 Å². The predicted octanol–water partition coefficient (Wildman–Crippen LogP) is 0.650. The molecule has 2 aliphatic heterocycles. The van der Waals surface area contributed by atoms with Crippen LogP contribution in [-0.2, 0) is 53.5 Å². The minimum absolute atomic E-state index is 0.0280. The SMILES string of the molecule is Cn1cnc2c(ncn2[C@@H]2C[C@@H]3OP(=S)(S)O[C@H]4[C@@H](F)[C@H](n5cnc6c(N)ncnc65)O[C@@H]4COP(O)(=S)O[C@@H]2[C@H]3O)c1=O. The van der Waals surface area contributed by atoms with Gasteiger partial charge in [0.25, 0.3) is 5.56 Å². The molecular formula is C21H24FN9O8P2S3. The fraction of sp³-hybridized carbons (Fsp3) is 0.524. The molecule has 0 aromatic carbocycles. The molecule has 0 radical (unpaired) electrons. The number of imidazole rings is 2. The van der Waals surface area contributed by atoms with Gasteiger partial charge in [-0.3, -0.25) is 9.36 Å². The Bertz CT molecular complexity index is 1930. The van der Waals surface area contributed by atoms with Crippen molar-refractivity contribution in [3.8, 4) is 0 Å². The average molecular weight is 708 g/mol. The lowest BCUT2D eigenvalue weighted by Crippen LogP contribution is -2.37. The van der Waals surface area contributed by atoms with E-state index in [1.807, 2.05) is 0 Å². The number of nitrogens with two attached hydrogens (primary N) is 1. The summed E-state index contributed by atoms with van der Waals surface area (Å²) < 4.78 is 49.7. The van der Waals surface area contributed by atoms with Crippen molar-refractivity contribution in [1.29, 1.82) is 0 Å². The fourth-order valence-electron chi connectivity index (χ4n) is 5.63. The van der Waals surface area contributed by atoms with Crippen LogP contribution in [-0.4, -0.2) is 91.9 Å². The minimum Gasteiger partial charge on any atom is -0.388 e. The summed E-state index contributed by atoms with van der Waals surface area (Å²) in [7, 11) is 1.54. The van der Waals surface area contributed by atoms with Crippen LogP contribution in [0.25, 0.3) is 22.3 Å². The van der Waals surface area contributed by atoms with E-state index in [9.17, 15) is 14.8 Å². The molecular weight excluding hydrogens is 683 g/mol. The van der Waals surface area contributed by atoms with Crippen molar-refractivity contribution in [2.45, 2.75) is 55.4 Å². The molecule has 1 aliphatic carbocycles. The molecule has 17 nitrogen and oxygen atoms in total. The number of aliphatic hydroxyl groups excluding tert-OH is 1. The zero-order valence-electron chi connectivity index (χ0n) is 22.4. The summed E-state index contributed by atoms with van der Waals surface area (Å²) >= 11 is 15.3. The van der Waals surface area contributed by atoms with Gasteiger partial charge in [0.2, 0.25) is 5.69 Å². The first-order valence-electron chi connectivity index (χ1n) is 13.0. The van der Waals surface area contributed by atoms with Crippen molar-refractivity contribution < 1.29 is 37.2 Å². The molecule has 0 spiro atoms. The first-order chi connectivity index (χ1) is 20.8. The molecule has 44 heavy (non-hydrogen) atoms. The van der Waals surface area contributed by atoms with Crippen LogP contribution >= 0.6 is 24.7 Å². The lowest BCUT2D eigenvalue weighted by molar-refractivity contribution is -0.0525. The predicted molar refractivity (Wildman–Crippen MR) is 161 cm³/mol. The lowest BCUT2D eigenvalue weighted by Gasteiger charge is -2.31. The van der Waals surface area contributed by atoms with Gasteiger partial charge >= 0.3 is 6.72 Å². The van der Waals surface area contributed by atoms with Gasteiger partial charge < -0.3 is 47.7 Å². The minimum atomic E-state index is -4.12. The van der Waals surface area contributed by atoms with Gasteiger partial charge in [-0.05, 0) is 23.6 Å². The summed E-state index contributed by atoms with van der Waals surface area (Å²) in [5, 5.41) is 11.3. The van der Waals surface area contributed by atoms with E-state index in [4.69, 9.17) is 52.2 Å². The largest absolute Gasteiger partial charge is 0.388 e.